The summed E-state index contributed by atoms with van der Waals surface area (Å²) in [5, 5.41) is 0. The van der Waals surface area contributed by atoms with Gasteiger partial charge in [0.2, 0.25) is 0 Å². The Bertz CT molecular complexity index is 153. The molecule has 0 fully saturated rings. The van der Waals surface area contributed by atoms with Crippen molar-refractivity contribution in [3.63, 3.8) is 0 Å². The van der Waals surface area contributed by atoms with Crippen molar-refractivity contribution in [2.75, 3.05) is 0 Å². The van der Waals surface area contributed by atoms with Crippen LogP contribution in [0.1, 0.15) is 0 Å². The number of halogens is 4. The van der Waals surface area contributed by atoms with Gasteiger partial charge in [0.15, 0.2) is 0 Å². The molecule has 0 rings (SSSR count). The zero-order chi connectivity index (χ0) is 9.00. The maximum absolute atomic E-state index is 10.5. The fraction of sp³-hybridized carbons (Fsp3) is 0. The molecule has 0 aromatic rings. The topological polar surface area (TPSA) is 80.3 Å². The minimum atomic E-state index is -4.92. The van der Waals surface area contributed by atoms with Crippen LogP contribution in [0.15, 0.2) is 0 Å². The predicted molar refractivity (Wildman–Crippen MR) is 46.4 cm³/mol. The second kappa shape index (κ2) is 21.1. The molecule has 0 aliphatic carbocycles. The van der Waals surface area contributed by atoms with E-state index in [-0.39, 0.29) is 121 Å². The van der Waals surface area contributed by atoms with E-state index >= 15 is 0 Å². The van der Waals surface area contributed by atoms with E-state index < -0.39 is 14.1 Å². The van der Waals surface area contributed by atoms with Crippen LogP contribution in [0.5, 0.6) is 0 Å². The predicted octanol–water partition coefficient (Wildman–Crippen LogP) is 0.179. The summed E-state index contributed by atoms with van der Waals surface area (Å²) in [5.41, 5.74) is 0. The third kappa shape index (κ3) is 233. The molecule has 0 aromatic carbocycles. The molecule has 0 aliphatic heterocycles. The average Bonchev–Trinajstić information content (AvgIpc) is 1.12. The van der Waals surface area contributed by atoms with Crippen LogP contribution in [0.25, 0.3) is 0 Å². The first-order valence-electron chi connectivity index (χ1n) is 1.41. The van der Waals surface area contributed by atoms with E-state index in [4.69, 9.17) is 18.9 Å². The molecule has 0 N–H and O–H groups in total. The summed E-state index contributed by atoms with van der Waals surface area (Å²) >= 11 is 7.73. The van der Waals surface area contributed by atoms with E-state index in [9.17, 15) is 8.39 Å². The molecule has 0 saturated heterocycles. The molecule has 0 bridgehead atoms. The summed E-state index contributed by atoms with van der Waals surface area (Å²) in [4.78, 5) is 17.5. The van der Waals surface area contributed by atoms with E-state index in [0.717, 1.165) is 0 Å². The second-order valence-corrected chi connectivity index (χ2v) is 4.91. The normalized spacial score (nSPS) is 14.3. The Kier molecular flexibility index (Phi) is 60.0. The van der Waals surface area contributed by atoms with Crippen molar-refractivity contribution >= 4 is 123 Å². The second-order valence-electron chi connectivity index (χ2n) is 0.829. The fourth-order valence-corrected chi connectivity index (χ4v) is 0. The Morgan fingerprint density at radius 1 is 0.867 bits per heavy atom. The van der Waals surface area contributed by atoms with Gasteiger partial charge in [0.05, 0.1) is 0 Å². The quantitative estimate of drug-likeness (QED) is 0.284. The summed E-state index contributed by atoms with van der Waals surface area (Å²) in [6, 6.07) is 0. The monoisotopic (exact) mass is 626 g/mol. The summed E-state index contributed by atoms with van der Waals surface area (Å²) in [5.74, 6) is 0. The number of hydrogen-bond acceptors (Lipinski definition) is 4. The molecule has 88 valence electrons. The van der Waals surface area contributed by atoms with Crippen LogP contribution >= 0.6 is 36.5 Å². The molecule has 4 nitrogen and oxygen atoms in total. The molecule has 0 aromatic heterocycles. The molecule has 0 amide bonds. The molecular weight excluding hydrogens is 628 g/mol. The third-order valence-corrected chi connectivity index (χ3v) is 0. The number of hydrogen-bond donors (Lipinski definition) is 0. The Morgan fingerprint density at radius 3 is 0.867 bits per heavy atom. The summed E-state index contributed by atoms with van der Waals surface area (Å²) < 4.78 is 38.4. The molecule has 8 radical (unpaired) electrons. The van der Waals surface area contributed by atoms with E-state index in [1.807, 2.05) is 0 Å². The van der Waals surface area contributed by atoms with Crippen LogP contribution in [-0.4, -0.2) is 86.6 Å². The molecular formula is CaCl2F2Mn2O4P2Sb2. The fourth-order valence-electron chi connectivity index (χ4n) is 0. The van der Waals surface area contributed by atoms with Gasteiger partial charge in [-0.3, -0.25) is 9.13 Å². The van der Waals surface area contributed by atoms with Crippen molar-refractivity contribution in [3.05, 3.63) is 0 Å². The Labute approximate surface area is 181 Å². The summed E-state index contributed by atoms with van der Waals surface area (Å²) in [6.07, 6.45) is 0. The van der Waals surface area contributed by atoms with Crippen molar-refractivity contribution < 1.29 is 61.4 Å². The first-order valence-corrected chi connectivity index (χ1v) is 6.25. The molecule has 0 spiro atoms. The van der Waals surface area contributed by atoms with Gasteiger partial charge < -0.3 is 9.79 Å². The molecule has 0 heterocycles. The van der Waals surface area contributed by atoms with Crippen molar-refractivity contribution in [3.8, 4) is 0 Å². The summed E-state index contributed by atoms with van der Waals surface area (Å²) in [6.45, 7) is 0. The van der Waals surface area contributed by atoms with Crippen molar-refractivity contribution in [2.24, 2.45) is 0 Å². The van der Waals surface area contributed by atoms with Gasteiger partial charge in [-0.25, -0.2) is 0 Å². The third-order valence-electron chi connectivity index (χ3n) is 0. The standard InChI is InChI=1S/Ca.2ClFHO2P.2Mn.2Sb/c;2*1-5(2,3)4;;;;/h;2*(H,3,4);;;;/q+2;;;;;;/p-2. The smallest absolute Gasteiger partial charge is 0.763 e. The summed E-state index contributed by atoms with van der Waals surface area (Å²) in [7, 11) is -9.83. The van der Waals surface area contributed by atoms with Gasteiger partial charge in [-0.1, -0.05) is 0 Å². The zero-order valence-electron chi connectivity index (χ0n) is 6.40. The average molecular weight is 628 g/mol. The van der Waals surface area contributed by atoms with Crippen LogP contribution in [0, 0.1) is 0 Å². The van der Waals surface area contributed by atoms with Crippen LogP contribution in [0.3, 0.4) is 0 Å². The van der Waals surface area contributed by atoms with Crippen molar-refractivity contribution in [1.82, 2.24) is 0 Å². The molecule has 15 heteroatoms. The molecule has 2 unspecified atom stereocenters. The number of rotatable bonds is 0. The van der Waals surface area contributed by atoms with E-state index in [1.54, 1.807) is 0 Å². The maximum atomic E-state index is 10.5. The first-order chi connectivity index (χ1) is 4.00. The zero-order valence-corrected chi connectivity index (χ0v) is 19.4. The Balaban J connectivity index is -0.0000000128. The van der Waals surface area contributed by atoms with Gasteiger partial charge in [0, 0.05) is 83.0 Å². The van der Waals surface area contributed by atoms with Crippen molar-refractivity contribution in [1.29, 1.82) is 0 Å². The minimum Gasteiger partial charge on any atom is -0.763 e. The Hall–Kier alpha value is 4.76. The van der Waals surface area contributed by atoms with Crippen LogP contribution in [0.4, 0.5) is 8.39 Å². The minimum absolute atomic E-state index is 0. The van der Waals surface area contributed by atoms with Crippen molar-refractivity contribution in [2.45, 2.75) is 0 Å². The van der Waals surface area contributed by atoms with Gasteiger partial charge in [-0.05, 0) is 22.5 Å². The van der Waals surface area contributed by atoms with Crippen LogP contribution in [-0.2, 0) is 43.3 Å². The van der Waals surface area contributed by atoms with Gasteiger partial charge >= 0.3 is 37.7 Å². The Morgan fingerprint density at radius 2 is 0.867 bits per heavy atom. The van der Waals surface area contributed by atoms with Gasteiger partial charge in [0.1, 0.15) is 0 Å². The molecule has 15 heavy (non-hydrogen) atoms. The van der Waals surface area contributed by atoms with Crippen LogP contribution < -0.4 is 9.79 Å². The molecule has 2 atom stereocenters. The van der Waals surface area contributed by atoms with E-state index in [2.05, 4.69) is 22.5 Å². The van der Waals surface area contributed by atoms with Gasteiger partial charge in [-0.2, -0.15) is 8.39 Å². The van der Waals surface area contributed by atoms with Crippen LogP contribution in [0.2, 0.25) is 0 Å². The van der Waals surface area contributed by atoms with E-state index in [0.29, 0.717) is 0 Å². The first kappa shape index (κ1) is 42.7. The SMILES string of the molecule is O=P([O-])(F)Cl.O=P([O-])(F)Cl.[Ca+2].[Mn].[Mn].[Sb].[Sb]. The van der Waals surface area contributed by atoms with E-state index in [1.165, 1.54) is 0 Å². The molecule has 0 saturated carbocycles. The van der Waals surface area contributed by atoms with Gasteiger partial charge in [-0.15, -0.1) is 0 Å². The van der Waals surface area contributed by atoms with Gasteiger partial charge in [0.25, 0.3) is 14.1 Å². The maximum Gasteiger partial charge on any atom is 2.00 e. The largest absolute Gasteiger partial charge is 2.00 e. The molecule has 0 aliphatic rings.